The second-order valence-electron chi connectivity index (χ2n) is 6.15. The Kier molecular flexibility index (Phi) is 4.37. The Labute approximate surface area is 151 Å². The van der Waals surface area contributed by atoms with E-state index in [2.05, 4.69) is 16.9 Å². The van der Waals surface area contributed by atoms with Crippen molar-refractivity contribution < 1.29 is 4.42 Å². The van der Waals surface area contributed by atoms with E-state index in [0.717, 1.165) is 57.6 Å². The first-order chi connectivity index (χ1) is 12.8. The molecule has 0 saturated heterocycles. The van der Waals surface area contributed by atoms with E-state index in [1.807, 2.05) is 48.7 Å². The van der Waals surface area contributed by atoms with Crippen LogP contribution in [-0.2, 0) is 0 Å². The highest BCUT2D eigenvalue weighted by atomic mass is 16.3. The summed E-state index contributed by atoms with van der Waals surface area (Å²) in [6.07, 6.45) is 4.49. The topological polar surface area (TPSA) is 77.0 Å². The number of rotatable bonds is 6. The number of hydrogen-bond acceptors (Lipinski definition) is 5. The molecule has 4 rings (SSSR count). The van der Waals surface area contributed by atoms with Gasteiger partial charge in [0.15, 0.2) is 0 Å². The minimum absolute atomic E-state index is 0.646. The molecule has 0 amide bonds. The average molecular weight is 344 g/mol. The minimum Gasteiger partial charge on any atom is -0.456 e. The quantitative estimate of drug-likeness (QED) is 0.518. The molecule has 5 nitrogen and oxygen atoms in total. The molecule has 3 N–H and O–H groups in total. The van der Waals surface area contributed by atoms with Gasteiger partial charge >= 0.3 is 0 Å². The average Bonchev–Trinajstić information content (AvgIpc) is 3.11. The van der Waals surface area contributed by atoms with Crippen molar-refractivity contribution in [2.75, 3.05) is 13.1 Å². The van der Waals surface area contributed by atoms with Crippen LogP contribution in [0, 0.1) is 0 Å². The molecule has 0 unspecified atom stereocenters. The van der Waals surface area contributed by atoms with E-state index in [1.54, 1.807) is 6.20 Å². The summed E-state index contributed by atoms with van der Waals surface area (Å²) in [7, 11) is 0. The second kappa shape index (κ2) is 6.98. The molecule has 0 spiro atoms. The number of nitrogens with zero attached hydrogens (tertiary/aromatic N) is 2. The lowest BCUT2D eigenvalue weighted by molar-refractivity contribution is 0.632. The molecular weight excluding hydrogens is 324 g/mol. The number of para-hydroxylation sites is 1. The van der Waals surface area contributed by atoms with Crippen LogP contribution in [0.4, 0.5) is 0 Å². The largest absolute Gasteiger partial charge is 0.456 e. The van der Waals surface area contributed by atoms with Gasteiger partial charge in [-0.05, 0) is 37.2 Å². The molecule has 3 aromatic heterocycles. The van der Waals surface area contributed by atoms with E-state index >= 15 is 0 Å². The van der Waals surface area contributed by atoms with Gasteiger partial charge in [0.25, 0.3) is 0 Å². The molecule has 26 heavy (non-hydrogen) atoms. The van der Waals surface area contributed by atoms with Gasteiger partial charge in [0, 0.05) is 29.7 Å². The highest BCUT2D eigenvalue weighted by molar-refractivity contribution is 5.94. The molecule has 0 radical (unpaired) electrons. The molecule has 130 valence electrons. The zero-order valence-corrected chi connectivity index (χ0v) is 14.4. The Balaban J connectivity index is 1.77. The Hall–Kier alpha value is -3.18. The fourth-order valence-corrected chi connectivity index (χ4v) is 2.94. The first-order valence-corrected chi connectivity index (χ1v) is 8.63. The van der Waals surface area contributed by atoms with Crippen LogP contribution in [0.2, 0.25) is 0 Å². The molecule has 1 aromatic carbocycles. The highest BCUT2D eigenvalue weighted by Gasteiger charge is 2.12. The number of furan rings is 1. The summed E-state index contributed by atoms with van der Waals surface area (Å²) in [4.78, 5) is 9.15. The van der Waals surface area contributed by atoms with E-state index in [4.69, 9.17) is 15.1 Å². The zero-order chi connectivity index (χ0) is 17.9. The molecule has 0 bridgehead atoms. The number of benzene rings is 1. The van der Waals surface area contributed by atoms with Crippen molar-refractivity contribution in [1.82, 2.24) is 15.3 Å². The molecular formula is C21H20N4O. The van der Waals surface area contributed by atoms with Crippen molar-refractivity contribution in [2.24, 2.45) is 5.73 Å². The number of pyridine rings is 2. The monoisotopic (exact) mass is 344 g/mol. The van der Waals surface area contributed by atoms with Gasteiger partial charge in [0.05, 0.1) is 22.5 Å². The minimum atomic E-state index is 0.646. The van der Waals surface area contributed by atoms with E-state index in [1.165, 1.54) is 0 Å². The van der Waals surface area contributed by atoms with Crippen LogP contribution >= 0.6 is 0 Å². The third-order valence-corrected chi connectivity index (χ3v) is 4.32. The maximum Gasteiger partial charge on any atom is 0.139 e. The Bertz CT molecular complexity index is 1050. The van der Waals surface area contributed by atoms with Crippen LogP contribution in [-0.4, -0.2) is 23.1 Å². The lowest BCUT2D eigenvalue weighted by atomic mass is 10.1. The summed E-state index contributed by atoms with van der Waals surface area (Å²) < 4.78 is 6.01. The maximum atomic E-state index is 6.01. The van der Waals surface area contributed by atoms with Crippen LogP contribution < -0.4 is 11.1 Å². The first kappa shape index (κ1) is 16.3. The van der Waals surface area contributed by atoms with Gasteiger partial charge in [-0.25, -0.2) is 4.98 Å². The van der Waals surface area contributed by atoms with Gasteiger partial charge in [-0.1, -0.05) is 24.8 Å². The van der Waals surface area contributed by atoms with E-state index in [9.17, 15) is 0 Å². The fourth-order valence-electron chi connectivity index (χ4n) is 2.94. The standard InChI is InChI=1S/C21H20N4O/c1-14(24-10-4-9-22)18-8-7-16-12-23-13-17(21(16)25-18)20-11-15-5-2-3-6-19(15)26-20/h2-3,5-8,11-13,24H,1,4,9-10,22H2. The van der Waals surface area contributed by atoms with Crippen LogP contribution in [0.15, 0.2) is 65.9 Å². The normalized spacial score (nSPS) is 11.1. The van der Waals surface area contributed by atoms with E-state index in [-0.39, 0.29) is 0 Å². The summed E-state index contributed by atoms with van der Waals surface area (Å²) >= 11 is 0. The Morgan fingerprint density at radius 3 is 2.85 bits per heavy atom. The second-order valence-corrected chi connectivity index (χ2v) is 6.15. The fraction of sp³-hybridized carbons (Fsp3) is 0.143. The first-order valence-electron chi connectivity index (χ1n) is 8.63. The lowest BCUT2D eigenvalue weighted by Crippen LogP contribution is -2.16. The van der Waals surface area contributed by atoms with E-state index < -0.39 is 0 Å². The van der Waals surface area contributed by atoms with Crippen LogP contribution in [0.5, 0.6) is 0 Å². The Morgan fingerprint density at radius 1 is 1.12 bits per heavy atom. The molecule has 0 aliphatic carbocycles. The van der Waals surface area contributed by atoms with Crippen molar-refractivity contribution in [3.63, 3.8) is 0 Å². The van der Waals surface area contributed by atoms with Gasteiger partial charge < -0.3 is 15.5 Å². The molecule has 0 aliphatic rings. The number of aromatic nitrogens is 2. The number of nitrogens with one attached hydrogen (secondary N) is 1. The highest BCUT2D eigenvalue weighted by Crippen LogP contribution is 2.31. The molecule has 0 aliphatic heterocycles. The maximum absolute atomic E-state index is 6.01. The van der Waals surface area contributed by atoms with Crippen molar-refractivity contribution >= 4 is 27.6 Å². The number of fused-ring (bicyclic) bond motifs is 2. The summed E-state index contributed by atoms with van der Waals surface area (Å²) in [5, 5.41) is 5.29. The van der Waals surface area contributed by atoms with Crippen molar-refractivity contribution in [1.29, 1.82) is 0 Å². The van der Waals surface area contributed by atoms with Gasteiger partial charge in [-0.3, -0.25) is 4.98 Å². The zero-order valence-electron chi connectivity index (χ0n) is 14.4. The molecule has 5 heteroatoms. The molecule has 0 fully saturated rings. The third kappa shape index (κ3) is 3.05. The van der Waals surface area contributed by atoms with Crippen LogP contribution in [0.25, 0.3) is 38.9 Å². The molecule has 0 atom stereocenters. The van der Waals surface area contributed by atoms with Crippen LogP contribution in [0.3, 0.4) is 0 Å². The van der Waals surface area contributed by atoms with Gasteiger partial charge in [0.2, 0.25) is 0 Å². The van der Waals surface area contributed by atoms with Crippen molar-refractivity contribution in [3.8, 4) is 11.3 Å². The predicted molar refractivity (Wildman–Crippen MR) is 105 cm³/mol. The molecule has 3 heterocycles. The van der Waals surface area contributed by atoms with Crippen molar-refractivity contribution in [3.05, 3.63) is 67.1 Å². The van der Waals surface area contributed by atoms with E-state index in [0.29, 0.717) is 6.54 Å². The van der Waals surface area contributed by atoms with Gasteiger partial charge in [-0.15, -0.1) is 0 Å². The molecule has 4 aromatic rings. The summed E-state index contributed by atoms with van der Waals surface area (Å²) in [6, 6.07) is 13.9. The lowest BCUT2D eigenvalue weighted by Gasteiger charge is -2.10. The van der Waals surface area contributed by atoms with Crippen molar-refractivity contribution in [2.45, 2.75) is 6.42 Å². The smallest absolute Gasteiger partial charge is 0.139 e. The SMILES string of the molecule is C=C(NCCCN)c1ccc2cncc(-c3cc4ccccc4o3)c2n1. The third-order valence-electron chi connectivity index (χ3n) is 4.32. The molecule has 0 saturated carbocycles. The summed E-state index contributed by atoms with van der Waals surface area (Å²) in [5.41, 5.74) is 9.70. The summed E-state index contributed by atoms with van der Waals surface area (Å²) in [5.74, 6) is 0.760. The Morgan fingerprint density at radius 2 is 2.00 bits per heavy atom. The number of nitrogens with two attached hydrogens (primary N) is 1. The summed E-state index contributed by atoms with van der Waals surface area (Å²) in [6.45, 7) is 5.51. The van der Waals surface area contributed by atoms with Gasteiger partial charge in [0.1, 0.15) is 11.3 Å². The predicted octanol–water partition coefficient (Wildman–Crippen LogP) is 3.95. The number of hydrogen-bond donors (Lipinski definition) is 2. The van der Waals surface area contributed by atoms with Crippen LogP contribution in [0.1, 0.15) is 12.1 Å². The van der Waals surface area contributed by atoms with Gasteiger partial charge in [-0.2, -0.15) is 0 Å².